The van der Waals surface area contributed by atoms with Gasteiger partial charge in [0.15, 0.2) is 11.6 Å². The number of benzene rings is 2. The van der Waals surface area contributed by atoms with Gasteiger partial charge in [0.05, 0.1) is 16.5 Å². The third-order valence-corrected chi connectivity index (χ3v) is 5.88. The third kappa shape index (κ3) is 2.55. The van der Waals surface area contributed by atoms with Gasteiger partial charge in [0.25, 0.3) is 0 Å². The molecule has 0 saturated heterocycles. The maximum absolute atomic E-state index is 13.0. The fraction of sp³-hybridized carbons (Fsp3) is 0.292. The molecule has 3 aromatic rings. The molecule has 0 amide bonds. The van der Waals surface area contributed by atoms with Crippen molar-refractivity contribution < 1.29 is 14.7 Å². The van der Waals surface area contributed by atoms with Crippen molar-refractivity contribution in [1.82, 2.24) is 4.98 Å². The number of carbonyl (C=O) groups is 2. The maximum Gasteiger partial charge on any atom is 0.177 e. The van der Waals surface area contributed by atoms with Crippen LogP contribution in [0.1, 0.15) is 54.9 Å². The predicted molar refractivity (Wildman–Crippen MR) is 109 cm³/mol. The zero-order chi connectivity index (χ0) is 20.3. The van der Waals surface area contributed by atoms with Gasteiger partial charge in [-0.2, -0.15) is 0 Å². The first-order valence-corrected chi connectivity index (χ1v) is 9.42. The van der Waals surface area contributed by atoms with Gasteiger partial charge in [-0.25, -0.2) is 0 Å². The van der Waals surface area contributed by atoms with Gasteiger partial charge in [-0.05, 0) is 56.2 Å². The number of ketones is 2. The van der Waals surface area contributed by atoms with Crippen LogP contribution in [0.15, 0.2) is 48.7 Å². The van der Waals surface area contributed by atoms with Crippen LogP contribution in [0.25, 0.3) is 10.8 Å². The Morgan fingerprint density at radius 3 is 2.43 bits per heavy atom. The zero-order valence-electron chi connectivity index (χ0n) is 16.5. The van der Waals surface area contributed by atoms with Gasteiger partial charge in [-0.1, -0.05) is 30.3 Å². The summed E-state index contributed by atoms with van der Waals surface area (Å²) >= 11 is 0. The van der Waals surface area contributed by atoms with Crippen LogP contribution in [0.4, 0.5) is 0 Å². The first-order valence-electron chi connectivity index (χ1n) is 9.42. The molecule has 0 saturated carbocycles. The van der Waals surface area contributed by atoms with Crippen molar-refractivity contribution in [2.45, 2.75) is 39.5 Å². The molecule has 4 nitrogen and oxygen atoms in total. The lowest BCUT2D eigenvalue weighted by Gasteiger charge is -2.38. The molecule has 0 bridgehead atoms. The highest BCUT2D eigenvalue weighted by atomic mass is 16.3. The Morgan fingerprint density at radius 1 is 0.964 bits per heavy atom. The number of hydrogen-bond donors (Lipinski definition) is 1. The lowest BCUT2D eigenvalue weighted by atomic mass is 9.62. The number of hydrogen-bond acceptors (Lipinski definition) is 4. The van der Waals surface area contributed by atoms with E-state index in [4.69, 9.17) is 0 Å². The lowest BCUT2D eigenvalue weighted by Crippen LogP contribution is -2.50. The van der Waals surface area contributed by atoms with Gasteiger partial charge in [-0.15, -0.1) is 0 Å². The summed E-state index contributed by atoms with van der Waals surface area (Å²) in [6, 6.07) is 13.3. The Balaban J connectivity index is 1.84. The number of fused-ring (bicyclic) bond motifs is 2. The molecule has 1 heterocycles. The van der Waals surface area contributed by atoms with Crippen LogP contribution in [-0.4, -0.2) is 21.7 Å². The van der Waals surface area contributed by atoms with Crippen molar-refractivity contribution in [3.8, 4) is 5.75 Å². The van der Waals surface area contributed by atoms with E-state index < -0.39 is 10.8 Å². The number of nitrogens with zero attached hydrogens (tertiary/aromatic N) is 1. The predicted octanol–water partition coefficient (Wildman–Crippen LogP) is 4.60. The largest absolute Gasteiger partial charge is 0.508 e. The zero-order valence-corrected chi connectivity index (χ0v) is 16.5. The normalized spacial score (nSPS) is 17.6. The second kappa shape index (κ2) is 5.99. The number of pyridine rings is 1. The fourth-order valence-corrected chi connectivity index (χ4v) is 4.32. The van der Waals surface area contributed by atoms with Crippen LogP contribution in [0, 0.1) is 5.41 Å². The van der Waals surface area contributed by atoms with Crippen LogP contribution < -0.4 is 0 Å². The highest BCUT2D eigenvalue weighted by Crippen LogP contribution is 2.42. The maximum atomic E-state index is 13.0. The van der Waals surface area contributed by atoms with Crippen molar-refractivity contribution >= 4 is 22.3 Å². The Hall–Kier alpha value is -3.01. The molecule has 1 aromatic heterocycles. The van der Waals surface area contributed by atoms with Crippen molar-refractivity contribution in [3.05, 3.63) is 71.0 Å². The number of carbonyl (C=O) groups excluding carboxylic acids is 2. The molecule has 4 rings (SSSR count). The monoisotopic (exact) mass is 373 g/mol. The van der Waals surface area contributed by atoms with Crippen LogP contribution in [0.5, 0.6) is 5.75 Å². The van der Waals surface area contributed by atoms with Gasteiger partial charge in [0.2, 0.25) is 0 Å². The SMILES string of the molecule is CC1(C)C(=O)c2cc(Cc3c(O)ccc4ccccc34)cnc2C(C)(C)C1=O. The standard InChI is InChI=1S/C24H23NO3/c1-23(2)20-18(21(27)24(3,4)22(23)28)12-14(13-25-20)11-17-16-8-6-5-7-15(16)9-10-19(17)26/h5-10,12-13,26H,11H2,1-4H3. The molecule has 0 aliphatic heterocycles. The van der Waals surface area contributed by atoms with Crippen molar-refractivity contribution in [2.24, 2.45) is 5.41 Å². The third-order valence-electron chi connectivity index (χ3n) is 5.88. The molecule has 0 unspecified atom stereocenters. The Kier molecular flexibility index (Phi) is 3.93. The Bertz CT molecular complexity index is 1140. The molecule has 1 aliphatic rings. The van der Waals surface area contributed by atoms with Crippen LogP contribution in [0.2, 0.25) is 0 Å². The molecule has 0 atom stereocenters. The number of phenolic OH excluding ortho intramolecular Hbond substituents is 1. The van der Waals surface area contributed by atoms with E-state index in [2.05, 4.69) is 4.98 Å². The molecular formula is C24H23NO3. The fourth-order valence-electron chi connectivity index (χ4n) is 4.32. The summed E-state index contributed by atoms with van der Waals surface area (Å²) in [5.74, 6) is -0.0775. The van der Waals surface area contributed by atoms with E-state index in [1.165, 1.54) is 0 Å². The smallest absolute Gasteiger partial charge is 0.177 e. The van der Waals surface area contributed by atoms with Gasteiger partial charge in [-0.3, -0.25) is 14.6 Å². The number of Topliss-reactive ketones (excluding diaryl/α,β-unsaturated/α-hetero) is 2. The number of aromatic hydroxyl groups is 1. The van der Waals surface area contributed by atoms with Crippen LogP contribution >= 0.6 is 0 Å². The summed E-state index contributed by atoms with van der Waals surface area (Å²) in [5.41, 5.74) is 0.794. The molecule has 142 valence electrons. The molecule has 0 radical (unpaired) electrons. The summed E-state index contributed by atoms with van der Waals surface area (Å²) in [7, 11) is 0. The first-order chi connectivity index (χ1) is 13.1. The van der Waals surface area contributed by atoms with E-state index in [9.17, 15) is 14.7 Å². The molecule has 28 heavy (non-hydrogen) atoms. The Labute approximate surface area is 164 Å². The number of phenols is 1. The van der Waals surface area contributed by atoms with Crippen molar-refractivity contribution in [1.29, 1.82) is 0 Å². The highest BCUT2D eigenvalue weighted by molar-refractivity contribution is 6.20. The minimum Gasteiger partial charge on any atom is -0.508 e. The minimum absolute atomic E-state index is 0.107. The van der Waals surface area contributed by atoms with E-state index in [0.29, 0.717) is 17.7 Å². The summed E-state index contributed by atoms with van der Waals surface area (Å²) in [4.78, 5) is 30.3. The van der Waals surface area contributed by atoms with Gasteiger partial charge < -0.3 is 5.11 Å². The van der Waals surface area contributed by atoms with Crippen molar-refractivity contribution in [2.75, 3.05) is 0 Å². The average molecular weight is 373 g/mol. The van der Waals surface area contributed by atoms with Crippen molar-refractivity contribution in [3.63, 3.8) is 0 Å². The van der Waals surface area contributed by atoms with Crippen LogP contribution in [0.3, 0.4) is 0 Å². The molecule has 1 N–H and O–H groups in total. The molecule has 2 aromatic carbocycles. The quantitative estimate of drug-likeness (QED) is 0.667. The molecule has 4 heteroatoms. The van der Waals surface area contributed by atoms with Crippen LogP contribution in [-0.2, 0) is 16.6 Å². The van der Waals surface area contributed by atoms with Gasteiger partial charge in [0, 0.05) is 23.7 Å². The first kappa shape index (κ1) is 18.4. The number of aromatic nitrogens is 1. The van der Waals surface area contributed by atoms with E-state index in [0.717, 1.165) is 21.9 Å². The van der Waals surface area contributed by atoms with E-state index in [1.807, 2.05) is 50.2 Å². The minimum atomic E-state index is -1.07. The lowest BCUT2D eigenvalue weighted by molar-refractivity contribution is -0.130. The topological polar surface area (TPSA) is 67.3 Å². The molecule has 1 aliphatic carbocycles. The van der Waals surface area contributed by atoms with Gasteiger partial charge in [0.1, 0.15) is 5.75 Å². The summed E-state index contributed by atoms with van der Waals surface area (Å²) in [6.45, 7) is 7.02. The highest BCUT2D eigenvalue weighted by Gasteiger charge is 2.52. The summed E-state index contributed by atoms with van der Waals surface area (Å²) in [5, 5.41) is 12.5. The van der Waals surface area contributed by atoms with E-state index in [-0.39, 0.29) is 17.3 Å². The molecule has 0 spiro atoms. The van der Waals surface area contributed by atoms with E-state index in [1.54, 1.807) is 26.1 Å². The van der Waals surface area contributed by atoms with Gasteiger partial charge >= 0.3 is 0 Å². The second-order valence-electron chi connectivity index (χ2n) is 8.61. The second-order valence-corrected chi connectivity index (χ2v) is 8.61. The average Bonchev–Trinajstić information content (AvgIpc) is 2.67. The molecule has 0 fully saturated rings. The molecular weight excluding hydrogens is 350 g/mol. The summed E-state index contributed by atoms with van der Waals surface area (Å²) in [6.07, 6.45) is 2.16. The summed E-state index contributed by atoms with van der Waals surface area (Å²) < 4.78 is 0. The van der Waals surface area contributed by atoms with E-state index >= 15 is 0 Å². The number of rotatable bonds is 2. The Morgan fingerprint density at radius 2 is 1.68 bits per heavy atom.